The zero-order valence-corrected chi connectivity index (χ0v) is 20.9. The molecule has 2 aliphatic rings. The Hall–Kier alpha value is -3.03. The van der Waals surface area contributed by atoms with Crippen molar-refractivity contribution >= 4 is 46.0 Å². The maximum atomic E-state index is 13.5. The van der Waals surface area contributed by atoms with E-state index >= 15 is 0 Å². The largest absolute Gasteiger partial charge is 0.356 e. The highest BCUT2D eigenvalue weighted by atomic mass is 35.5. The predicted octanol–water partition coefficient (Wildman–Crippen LogP) is 5.72. The number of para-hydroxylation sites is 1. The molecule has 0 aliphatic carbocycles. The second kappa shape index (κ2) is 10.5. The van der Waals surface area contributed by atoms with Crippen molar-refractivity contribution in [1.29, 1.82) is 0 Å². The van der Waals surface area contributed by atoms with E-state index in [1.807, 2.05) is 71.8 Å². The van der Waals surface area contributed by atoms with Crippen LogP contribution in [0.5, 0.6) is 0 Å². The number of carbonyl (C=O) groups is 2. The topological polar surface area (TPSA) is 73.8 Å². The number of thioether (sulfide) groups is 1. The highest BCUT2D eigenvalue weighted by molar-refractivity contribution is 8.16. The molecule has 1 atom stereocenters. The maximum absolute atomic E-state index is 13.5. The monoisotopic (exact) mass is 494 g/mol. The van der Waals surface area contributed by atoms with Crippen molar-refractivity contribution < 1.29 is 9.59 Å². The van der Waals surface area contributed by atoms with Crippen molar-refractivity contribution in [3.8, 4) is 0 Å². The van der Waals surface area contributed by atoms with Crippen molar-refractivity contribution in [2.45, 2.75) is 33.2 Å². The number of hydrogen-bond acceptors (Lipinski definition) is 5. The summed E-state index contributed by atoms with van der Waals surface area (Å²) in [5.74, 6) is 0.0776. The molecule has 176 valence electrons. The zero-order valence-electron chi connectivity index (χ0n) is 19.3. The Bertz CT molecular complexity index is 1170. The fourth-order valence-corrected chi connectivity index (χ4v) is 4.98. The maximum Gasteiger partial charge on any atom is 0.255 e. The van der Waals surface area contributed by atoms with Crippen LogP contribution in [0, 0.1) is 5.92 Å². The van der Waals surface area contributed by atoms with E-state index in [0.717, 1.165) is 16.4 Å². The second-order valence-electron chi connectivity index (χ2n) is 8.64. The number of carbonyl (C=O) groups excluding carboxylic acids is 2. The van der Waals surface area contributed by atoms with Crippen molar-refractivity contribution in [2.24, 2.45) is 10.9 Å². The van der Waals surface area contributed by atoms with E-state index in [4.69, 9.17) is 16.6 Å². The Morgan fingerprint density at radius 1 is 1.12 bits per heavy atom. The van der Waals surface area contributed by atoms with E-state index in [1.54, 1.807) is 0 Å². The molecule has 0 aromatic heterocycles. The molecular weight excluding hydrogens is 468 g/mol. The van der Waals surface area contributed by atoms with Gasteiger partial charge >= 0.3 is 0 Å². The first kappa shape index (κ1) is 24.1. The van der Waals surface area contributed by atoms with Crippen LogP contribution >= 0.6 is 23.4 Å². The van der Waals surface area contributed by atoms with Crippen molar-refractivity contribution in [3.05, 3.63) is 87.6 Å². The van der Waals surface area contributed by atoms with Gasteiger partial charge in [0.05, 0.1) is 23.7 Å². The molecule has 8 heteroatoms. The summed E-state index contributed by atoms with van der Waals surface area (Å²) in [5, 5.41) is 9.29. The molecular formula is C26H27ClN4O2S. The number of nitrogens with zero attached hydrogens (tertiary/aromatic N) is 2. The highest BCUT2D eigenvalue weighted by Crippen LogP contribution is 2.44. The van der Waals surface area contributed by atoms with Gasteiger partial charge in [-0.25, -0.2) is 4.99 Å². The summed E-state index contributed by atoms with van der Waals surface area (Å²) in [6, 6.07) is 16.4. The number of nitrogens with one attached hydrogen (secondary N) is 2. The van der Waals surface area contributed by atoms with E-state index in [-0.39, 0.29) is 18.2 Å². The Kier molecular flexibility index (Phi) is 7.44. The van der Waals surface area contributed by atoms with Crippen LogP contribution in [-0.4, -0.2) is 28.4 Å². The van der Waals surface area contributed by atoms with Crippen LogP contribution in [0.2, 0.25) is 5.02 Å². The quantitative estimate of drug-likeness (QED) is 0.516. The van der Waals surface area contributed by atoms with E-state index in [0.29, 0.717) is 34.4 Å². The number of aliphatic imine (C=N–C) groups is 1. The number of benzene rings is 2. The molecule has 0 bridgehead atoms. The van der Waals surface area contributed by atoms with Crippen molar-refractivity contribution in [3.63, 3.8) is 0 Å². The van der Waals surface area contributed by atoms with Crippen LogP contribution in [0.1, 0.15) is 38.8 Å². The Balaban J connectivity index is 1.69. The van der Waals surface area contributed by atoms with Crippen LogP contribution in [-0.2, 0) is 9.59 Å². The molecule has 6 nitrogen and oxygen atoms in total. The van der Waals surface area contributed by atoms with Crippen LogP contribution in [0.25, 0.3) is 0 Å². The SMILES string of the molecule is CC1=C(C(=O)Nc2ccccc2)[C@@H](c2ccc(Cl)cc2)N2C(CC(=O)NCC(C)C)=CSC2=N1. The van der Waals surface area contributed by atoms with Crippen LogP contribution in [0.4, 0.5) is 5.69 Å². The van der Waals surface area contributed by atoms with Gasteiger partial charge in [-0.3, -0.25) is 9.59 Å². The summed E-state index contributed by atoms with van der Waals surface area (Å²) < 4.78 is 0. The first-order valence-electron chi connectivity index (χ1n) is 11.2. The number of anilines is 1. The van der Waals surface area contributed by atoms with Gasteiger partial charge in [-0.2, -0.15) is 0 Å². The lowest BCUT2D eigenvalue weighted by Crippen LogP contribution is -2.39. The molecule has 2 heterocycles. The number of halogens is 1. The molecule has 0 unspecified atom stereocenters. The highest BCUT2D eigenvalue weighted by Gasteiger charge is 2.40. The van der Waals surface area contributed by atoms with E-state index in [1.165, 1.54) is 11.8 Å². The molecule has 2 amide bonds. The predicted molar refractivity (Wildman–Crippen MR) is 139 cm³/mol. The van der Waals surface area contributed by atoms with Gasteiger partial charge in [-0.05, 0) is 48.1 Å². The Morgan fingerprint density at radius 2 is 1.82 bits per heavy atom. The van der Waals surface area contributed by atoms with Crippen molar-refractivity contribution in [2.75, 3.05) is 11.9 Å². The second-order valence-corrected chi connectivity index (χ2v) is 9.91. The number of hydrogen-bond donors (Lipinski definition) is 2. The molecule has 0 saturated heterocycles. The minimum Gasteiger partial charge on any atom is -0.356 e. The first-order chi connectivity index (χ1) is 16.3. The summed E-state index contributed by atoms with van der Waals surface area (Å²) in [4.78, 5) is 32.9. The van der Waals surface area contributed by atoms with Gasteiger partial charge in [0.1, 0.15) is 0 Å². The van der Waals surface area contributed by atoms with Gasteiger partial charge in [0, 0.05) is 23.0 Å². The van der Waals surface area contributed by atoms with E-state index < -0.39 is 6.04 Å². The smallest absolute Gasteiger partial charge is 0.255 e. The van der Waals surface area contributed by atoms with Gasteiger partial charge in [0.2, 0.25) is 5.91 Å². The van der Waals surface area contributed by atoms with Gasteiger partial charge in [-0.15, -0.1) is 0 Å². The average molecular weight is 495 g/mol. The Morgan fingerprint density at radius 3 is 2.50 bits per heavy atom. The first-order valence-corrected chi connectivity index (χ1v) is 12.4. The lowest BCUT2D eigenvalue weighted by Gasteiger charge is -2.36. The molecule has 0 spiro atoms. The fraction of sp³-hybridized carbons (Fsp3) is 0.269. The van der Waals surface area contributed by atoms with E-state index in [2.05, 4.69) is 24.5 Å². The number of allylic oxidation sites excluding steroid dienone is 1. The van der Waals surface area contributed by atoms with Gasteiger partial charge in [0.15, 0.2) is 5.17 Å². The molecule has 0 radical (unpaired) electrons. The van der Waals surface area contributed by atoms with Crippen LogP contribution in [0.15, 0.2) is 82.0 Å². The standard InChI is InChI=1S/C26H27ClN4O2S/c1-16(2)14-28-22(32)13-21-15-34-26-29-17(3)23(25(33)30-20-7-5-4-6-8-20)24(31(21)26)18-9-11-19(27)12-10-18/h4-12,15-16,24H,13-14H2,1-3H3,(H,28,32)(H,30,33)/t24-/m1/s1. The van der Waals surface area contributed by atoms with Crippen LogP contribution in [0.3, 0.4) is 0 Å². The third-order valence-electron chi connectivity index (χ3n) is 5.51. The third kappa shape index (κ3) is 5.37. The summed E-state index contributed by atoms with van der Waals surface area (Å²) in [7, 11) is 0. The average Bonchev–Trinajstić information content (AvgIpc) is 3.19. The minimum atomic E-state index is -0.437. The summed E-state index contributed by atoms with van der Waals surface area (Å²) in [6.45, 7) is 6.58. The van der Waals surface area contributed by atoms with E-state index in [9.17, 15) is 9.59 Å². The fourth-order valence-electron chi connectivity index (χ4n) is 3.89. The molecule has 2 aromatic rings. The summed E-state index contributed by atoms with van der Waals surface area (Å²) in [6.07, 6.45) is 0.204. The number of rotatable bonds is 7. The van der Waals surface area contributed by atoms with Crippen molar-refractivity contribution in [1.82, 2.24) is 10.2 Å². The lowest BCUT2D eigenvalue weighted by molar-refractivity contribution is -0.120. The van der Waals surface area contributed by atoms with Gasteiger partial charge in [-0.1, -0.05) is 67.5 Å². The van der Waals surface area contributed by atoms with Crippen LogP contribution < -0.4 is 10.6 Å². The summed E-state index contributed by atoms with van der Waals surface area (Å²) in [5.41, 5.74) is 3.59. The number of amides is 2. The molecule has 0 saturated carbocycles. The third-order valence-corrected chi connectivity index (χ3v) is 6.65. The summed E-state index contributed by atoms with van der Waals surface area (Å²) >= 11 is 7.62. The minimum absolute atomic E-state index is 0.0572. The molecule has 34 heavy (non-hydrogen) atoms. The molecule has 4 rings (SSSR count). The zero-order chi connectivity index (χ0) is 24.2. The molecule has 0 fully saturated rings. The van der Waals surface area contributed by atoms with Gasteiger partial charge < -0.3 is 15.5 Å². The normalized spacial score (nSPS) is 17.3. The van der Waals surface area contributed by atoms with Gasteiger partial charge in [0.25, 0.3) is 5.91 Å². The number of fused-ring (bicyclic) bond motifs is 1. The Labute approximate surface area is 209 Å². The molecule has 2 aliphatic heterocycles. The molecule has 2 aromatic carbocycles. The lowest BCUT2D eigenvalue weighted by atomic mass is 9.93. The number of amidine groups is 1. The molecule has 2 N–H and O–H groups in total.